The summed E-state index contributed by atoms with van der Waals surface area (Å²) in [6.07, 6.45) is 3.56. The average molecular weight is 398 g/mol. The summed E-state index contributed by atoms with van der Waals surface area (Å²) in [5.41, 5.74) is 9.52. The molecule has 0 aliphatic carbocycles. The van der Waals surface area contributed by atoms with E-state index < -0.39 is 15.3 Å². The molecule has 0 atom stereocenters. The minimum atomic E-state index is -3.65. The Morgan fingerprint density at radius 1 is 1.21 bits per heavy atom. The van der Waals surface area contributed by atoms with Crippen LogP contribution in [0.25, 0.3) is 16.6 Å². The molecule has 0 bridgehead atoms. The Morgan fingerprint density at radius 3 is 2.57 bits per heavy atom. The van der Waals surface area contributed by atoms with Crippen molar-refractivity contribution in [2.75, 3.05) is 12.8 Å². The fourth-order valence-corrected chi connectivity index (χ4v) is 4.13. The van der Waals surface area contributed by atoms with Crippen LogP contribution in [0.4, 0.5) is 5.95 Å². The van der Waals surface area contributed by atoms with Gasteiger partial charge in [-0.1, -0.05) is 36.9 Å². The molecule has 0 saturated carbocycles. The number of nitrogen functional groups attached to an aromatic ring is 1. The maximum Gasteiger partial charge on any atom is 0.244 e. The highest BCUT2D eigenvalue weighted by molar-refractivity contribution is 7.90. The number of ether oxygens (including phenoxy) is 1. The Bertz CT molecular complexity index is 1170. The van der Waals surface area contributed by atoms with Crippen LogP contribution in [0, 0.1) is 0 Å². The molecule has 0 radical (unpaired) electrons. The van der Waals surface area contributed by atoms with E-state index in [1.165, 1.54) is 0 Å². The van der Waals surface area contributed by atoms with E-state index >= 15 is 0 Å². The zero-order valence-electron chi connectivity index (χ0n) is 16.1. The van der Waals surface area contributed by atoms with E-state index in [-0.39, 0.29) is 5.95 Å². The molecule has 0 fully saturated rings. The third-order valence-corrected chi connectivity index (χ3v) is 6.55. The van der Waals surface area contributed by atoms with Gasteiger partial charge in [0.25, 0.3) is 0 Å². The lowest BCUT2D eigenvalue weighted by molar-refractivity contribution is 0.414. The van der Waals surface area contributed by atoms with Crippen molar-refractivity contribution in [3.63, 3.8) is 0 Å². The lowest BCUT2D eigenvalue weighted by Gasteiger charge is -2.13. The van der Waals surface area contributed by atoms with Crippen LogP contribution in [0.5, 0.6) is 5.75 Å². The number of benzene rings is 2. The van der Waals surface area contributed by atoms with Crippen LogP contribution in [0.2, 0.25) is 0 Å². The fraction of sp³-hybridized carbons (Fsp3) is 0.190. The van der Waals surface area contributed by atoms with Crippen LogP contribution in [0.1, 0.15) is 25.0 Å². The maximum absolute atomic E-state index is 12.8. The summed E-state index contributed by atoms with van der Waals surface area (Å²) in [6.45, 7) is 7.03. The number of allylic oxidation sites excluding steroid dienone is 2. The summed E-state index contributed by atoms with van der Waals surface area (Å²) in [5.74, 6) is 0.682. The van der Waals surface area contributed by atoms with E-state index in [0.29, 0.717) is 11.0 Å². The lowest BCUT2D eigenvalue weighted by atomic mass is 9.97. The van der Waals surface area contributed by atoms with Gasteiger partial charge < -0.3 is 10.5 Å². The van der Waals surface area contributed by atoms with Crippen molar-refractivity contribution in [3.05, 3.63) is 72.3 Å². The van der Waals surface area contributed by atoms with Crippen molar-refractivity contribution in [3.8, 4) is 5.75 Å². The van der Waals surface area contributed by atoms with Crippen LogP contribution < -0.4 is 10.5 Å². The van der Waals surface area contributed by atoms with Crippen molar-refractivity contribution in [2.24, 2.45) is 0 Å². The number of anilines is 1. The highest BCUT2D eigenvalue weighted by Gasteiger charge is 2.24. The van der Waals surface area contributed by atoms with Crippen molar-refractivity contribution in [1.82, 2.24) is 8.96 Å². The fourth-order valence-electron chi connectivity index (χ4n) is 2.99. The molecule has 146 valence electrons. The van der Waals surface area contributed by atoms with Gasteiger partial charge in [-0.2, -0.15) is 0 Å². The first-order valence-electron chi connectivity index (χ1n) is 8.79. The number of hydrogen-bond donors (Lipinski definition) is 1. The summed E-state index contributed by atoms with van der Waals surface area (Å²) >= 11 is 0. The summed E-state index contributed by atoms with van der Waals surface area (Å²) in [5, 5.41) is -0.627. The molecule has 0 aliphatic rings. The Hall–Kier alpha value is -3.06. The molecule has 3 rings (SSSR count). The van der Waals surface area contributed by atoms with Crippen LogP contribution in [-0.2, 0) is 10.0 Å². The number of methoxy groups -OCH3 is 1. The van der Waals surface area contributed by atoms with Gasteiger partial charge in [-0.05, 0) is 54.8 Å². The smallest absolute Gasteiger partial charge is 0.244 e. The molecular weight excluding hydrogens is 374 g/mol. The lowest BCUT2D eigenvalue weighted by Crippen LogP contribution is -2.23. The molecule has 6 nitrogen and oxygen atoms in total. The van der Waals surface area contributed by atoms with Gasteiger partial charge in [0.1, 0.15) is 5.75 Å². The largest absolute Gasteiger partial charge is 0.497 e. The first-order valence-corrected chi connectivity index (χ1v) is 10.3. The van der Waals surface area contributed by atoms with Gasteiger partial charge in [0, 0.05) is 0 Å². The summed E-state index contributed by atoms with van der Waals surface area (Å²) < 4.78 is 32.0. The normalized spacial score (nSPS) is 12.5. The number of rotatable bonds is 6. The molecule has 0 spiro atoms. The number of nitrogens with zero attached hydrogens (tertiary/aromatic N) is 2. The van der Waals surface area contributed by atoms with Gasteiger partial charge in [0.15, 0.2) is 0 Å². The van der Waals surface area contributed by atoms with Crippen molar-refractivity contribution >= 4 is 32.6 Å². The molecule has 1 aromatic heterocycles. The molecule has 0 amide bonds. The molecule has 3 aromatic rings. The minimum Gasteiger partial charge on any atom is -0.497 e. The number of imidazole rings is 1. The highest BCUT2D eigenvalue weighted by atomic mass is 32.2. The SMILES string of the molecule is C=C/C=C(/c1cccc(OC)c1)c1ccc2nc(N)n(S(=O)(=O)C(C)C)c2c1. The molecule has 2 aromatic carbocycles. The standard InChI is InChI=1S/C21H23N3O3S/c1-5-7-18(15-8-6-9-17(12-15)27-4)16-10-11-19-20(13-16)24(21(22)23-19)28(25,26)14(2)3/h5-14H,1H2,2-4H3,(H2,22,23)/b18-7-. The quantitative estimate of drug-likeness (QED) is 0.639. The summed E-state index contributed by atoms with van der Waals surface area (Å²) in [6, 6.07) is 13.1. The van der Waals surface area contributed by atoms with Crippen LogP contribution in [-0.4, -0.2) is 29.7 Å². The first-order chi connectivity index (χ1) is 13.3. The third-order valence-electron chi connectivity index (χ3n) is 4.46. The van der Waals surface area contributed by atoms with Gasteiger partial charge in [0.05, 0.1) is 23.4 Å². The van der Waals surface area contributed by atoms with E-state index in [9.17, 15) is 8.42 Å². The van der Waals surface area contributed by atoms with Gasteiger partial charge in [0.2, 0.25) is 16.0 Å². The van der Waals surface area contributed by atoms with E-state index in [1.54, 1.807) is 39.2 Å². The van der Waals surface area contributed by atoms with Gasteiger partial charge in [-0.25, -0.2) is 17.4 Å². The predicted molar refractivity (Wildman–Crippen MR) is 114 cm³/mol. The molecule has 1 heterocycles. The molecule has 0 unspecified atom stereocenters. The molecular formula is C21H23N3O3S. The van der Waals surface area contributed by atoms with Gasteiger partial charge in [-0.3, -0.25) is 0 Å². The molecule has 0 saturated heterocycles. The zero-order valence-corrected chi connectivity index (χ0v) is 16.9. The summed E-state index contributed by atoms with van der Waals surface area (Å²) in [4.78, 5) is 4.21. The first kappa shape index (κ1) is 19.7. The zero-order chi connectivity index (χ0) is 20.5. The highest BCUT2D eigenvalue weighted by Crippen LogP contribution is 2.30. The second-order valence-electron chi connectivity index (χ2n) is 6.58. The van der Waals surface area contributed by atoms with E-state index in [4.69, 9.17) is 10.5 Å². The van der Waals surface area contributed by atoms with E-state index in [2.05, 4.69) is 11.6 Å². The second-order valence-corrected chi connectivity index (χ2v) is 8.92. The number of fused-ring (bicyclic) bond motifs is 1. The minimum absolute atomic E-state index is 0.0449. The van der Waals surface area contributed by atoms with Crippen LogP contribution >= 0.6 is 0 Å². The molecule has 28 heavy (non-hydrogen) atoms. The molecule has 0 aliphatic heterocycles. The van der Waals surface area contributed by atoms with E-state index in [1.807, 2.05) is 36.4 Å². The Labute approximate surface area is 165 Å². The van der Waals surface area contributed by atoms with Gasteiger partial charge in [-0.15, -0.1) is 0 Å². The second kappa shape index (κ2) is 7.52. The maximum atomic E-state index is 12.8. The Kier molecular flexibility index (Phi) is 5.29. The topological polar surface area (TPSA) is 87.2 Å². The van der Waals surface area contributed by atoms with E-state index in [0.717, 1.165) is 26.4 Å². The van der Waals surface area contributed by atoms with Crippen molar-refractivity contribution in [1.29, 1.82) is 0 Å². The van der Waals surface area contributed by atoms with Crippen molar-refractivity contribution in [2.45, 2.75) is 19.1 Å². The Balaban J connectivity index is 2.25. The van der Waals surface area contributed by atoms with Gasteiger partial charge >= 0.3 is 0 Å². The van der Waals surface area contributed by atoms with Crippen molar-refractivity contribution < 1.29 is 13.2 Å². The Morgan fingerprint density at radius 2 is 1.93 bits per heavy atom. The number of hydrogen-bond acceptors (Lipinski definition) is 5. The predicted octanol–water partition coefficient (Wildman–Crippen LogP) is 3.83. The number of aromatic nitrogens is 2. The summed E-state index contributed by atoms with van der Waals surface area (Å²) in [7, 11) is -2.04. The molecule has 2 N–H and O–H groups in total. The van der Waals surface area contributed by atoms with Crippen LogP contribution in [0.15, 0.2) is 61.2 Å². The third kappa shape index (κ3) is 3.41. The average Bonchev–Trinajstić information content (AvgIpc) is 3.01. The monoisotopic (exact) mass is 397 g/mol. The molecule has 7 heteroatoms. The van der Waals surface area contributed by atoms with Crippen LogP contribution in [0.3, 0.4) is 0 Å². The number of nitrogens with two attached hydrogens (primary N) is 1.